The fourth-order valence-electron chi connectivity index (χ4n) is 1.97. The molecule has 0 radical (unpaired) electrons. The van der Waals surface area contributed by atoms with Gasteiger partial charge in [0.1, 0.15) is 5.82 Å². The van der Waals surface area contributed by atoms with Crippen LogP contribution in [0.3, 0.4) is 0 Å². The van der Waals surface area contributed by atoms with Crippen LogP contribution in [0.1, 0.15) is 27.0 Å². The van der Waals surface area contributed by atoms with Crippen LogP contribution in [0.5, 0.6) is 0 Å². The van der Waals surface area contributed by atoms with E-state index in [1.54, 1.807) is 6.07 Å². The second-order valence-corrected chi connectivity index (χ2v) is 5.59. The fraction of sp³-hybridized carbons (Fsp3) is 0.188. The lowest BCUT2D eigenvalue weighted by molar-refractivity contribution is 0.0984. The Labute approximate surface area is 124 Å². The number of hydrogen-bond donors (Lipinski definition) is 0. The third-order valence-corrected chi connectivity index (χ3v) is 3.87. The van der Waals surface area contributed by atoms with Gasteiger partial charge in [-0.05, 0) is 58.6 Å². The number of carbonyl (C=O) groups excluding carboxylic acids is 1. The first-order chi connectivity index (χ1) is 9.40. The average Bonchev–Trinajstić information content (AvgIpc) is 2.39. The van der Waals surface area contributed by atoms with Crippen molar-refractivity contribution in [1.82, 2.24) is 0 Å². The summed E-state index contributed by atoms with van der Waals surface area (Å²) >= 11 is 2.96. The Kier molecular flexibility index (Phi) is 4.33. The summed E-state index contributed by atoms with van der Waals surface area (Å²) in [7, 11) is 0. The lowest BCUT2D eigenvalue weighted by Gasteiger charge is -2.07. The van der Waals surface area contributed by atoms with Gasteiger partial charge in [0.2, 0.25) is 0 Å². The summed E-state index contributed by atoms with van der Waals surface area (Å²) in [5, 5.41) is 0. The van der Waals surface area contributed by atoms with Crippen LogP contribution in [-0.4, -0.2) is 5.78 Å². The quantitative estimate of drug-likeness (QED) is 0.582. The second-order valence-electron chi connectivity index (χ2n) is 4.74. The van der Waals surface area contributed by atoms with Crippen LogP contribution in [0.4, 0.5) is 8.78 Å². The maximum absolute atomic E-state index is 13.9. The van der Waals surface area contributed by atoms with Crippen LogP contribution in [0.2, 0.25) is 0 Å². The fourth-order valence-corrected chi connectivity index (χ4v) is 2.30. The highest BCUT2D eigenvalue weighted by Crippen LogP contribution is 2.23. The van der Waals surface area contributed by atoms with Gasteiger partial charge in [0.25, 0.3) is 0 Å². The minimum atomic E-state index is -0.848. The van der Waals surface area contributed by atoms with Gasteiger partial charge in [-0.1, -0.05) is 18.2 Å². The lowest BCUT2D eigenvalue weighted by Crippen LogP contribution is -2.10. The number of Topliss-reactive ketones (excluding diaryl/α,β-unsaturated/α-hetero) is 1. The Hall–Kier alpha value is -1.55. The largest absolute Gasteiger partial charge is 0.294 e. The molecule has 0 unspecified atom stereocenters. The van der Waals surface area contributed by atoms with Crippen LogP contribution < -0.4 is 0 Å². The molecule has 0 heterocycles. The topological polar surface area (TPSA) is 17.1 Å². The predicted octanol–water partition coefficient (Wildman–Crippen LogP) is 4.77. The molecular formula is C16H13BrF2O. The Bertz CT molecular complexity index is 680. The summed E-state index contributed by atoms with van der Waals surface area (Å²) in [5.41, 5.74) is 2.42. The second kappa shape index (κ2) is 5.83. The van der Waals surface area contributed by atoms with E-state index in [1.807, 2.05) is 26.0 Å². The molecule has 0 aliphatic heterocycles. The first-order valence-electron chi connectivity index (χ1n) is 6.13. The Morgan fingerprint density at radius 2 is 1.80 bits per heavy atom. The molecule has 0 aliphatic rings. The molecule has 0 spiro atoms. The average molecular weight is 339 g/mol. The van der Waals surface area contributed by atoms with Gasteiger partial charge >= 0.3 is 0 Å². The standard InChI is InChI=1S/C16H13BrF2O/c1-9-3-4-11(7-10(9)2)8-14(20)15-13(18)6-5-12(17)16(15)19/h3-7H,8H2,1-2H3. The molecule has 0 saturated carbocycles. The molecule has 4 heteroatoms. The summed E-state index contributed by atoms with van der Waals surface area (Å²) in [6.07, 6.45) is -0.0224. The molecule has 2 aromatic carbocycles. The summed E-state index contributed by atoms with van der Waals surface area (Å²) in [6, 6.07) is 7.89. The number of rotatable bonds is 3. The highest BCUT2D eigenvalue weighted by molar-refractivity contribution is 9.10. The number of benzene rings is 2. The van der Waals surface area contributed by atoms with E-state index >= 15 is 0 Å². The zero-order valence-electron chi connectivity index (χ0n) is 11.1. The monoisotopic (exact) mass is 338 g/mol. The van der Waals surface area contributed by atoms with Crippen molar-refractivity contribution in [2.24, 2.45) is 0 Å². The van der Waals surface area contributed by atoms with Crippen molar-refractivity contribution < 1.29 is 13.6 Å². The van der Waals surface area contributed by atoms with Crippen molar-refractivity contribution in [2.45, 2.75) is 20.3 Å². The van der Waals surface area contributed by atoms with E-state index in [0.29, 0.717) is 0 Å². The zero-order valence-corrected chi connectivity index (χ0v) is 12.7. The maximum atomic E-state index is 13.9. The van der Waals surface area contributed by atoms with Crippen LogP contribution in [0, 0.1) is 25.5 Å². The van der Waals surface area contributed by atoms with Gasteiger partial charge in [0.05, 0.1) is 10.0 Å². The first kappa shape index (κ1) is 14.9. The SMILES string of the molecule is Cc1ccc(CC(=O)c2c(F)ccc(Br)c2F)cc1C. The number of hydrogen-bond acceptors (Lipinski definition) is 1. The molecule has 2 aromatic rings. The molecule has 0 aromatic heterocycles. The van der Waals surface area contributed by atoms with E-state index in [-0.39, 0.29) is 10.9 Å². The summed E-state index contributed by atoms with van der Waals surface area (Å²) < 4.78 is 27.6. The Morgan fingerprint density at radius 3 is 2.45 bits per heavy atom. The molecule has 20 heavy (non-hydrogen) atoms. The third-order valence-electron chi connectivity index (χ3n) is 3.26. The number of halogens is 3. The van der Waals surface area contributed by atoms with Gasteiger partial charge in [0, 0.05) is 6.42 Å². The van der Waals surface area contributed by atoms with E-state index in [0.717, 1.165) is 22.8 Å². The van der Waals surface area contributed by atoms with Crippen LogP contribution in [0.15, 0.2) is 34.8 Å². The van der Waals surface area contributed by atoms with E-state index in [4.69, 9.17) is 0 Å². The van der Waals surface area contributed by atoms with E-state index in [9.17, 15) is 13.6 Å². The molecular weight excluding hydrogens is 326 g/mol. The minimum absolute atomic E-state index is 0.0224. The zero-order chi connectivity index (χ0) is 14.9. The van der Waals surface area contributed by atoms with Crippen molar-refractivity contribution in [3.63, 3.8) is 0 Å². The van der Waals surface area contributed by atoms with Gasteiger partial charge in [-0.3, -0.25) is 4.79 Å². The number of ketones is 1. The van der Waals surface area contributed by atoms with Crippen LogP contribution >= 0.6 is 15.9 Å². The third kappa shape index (κ3) is 2.96. The number of carbonyl (C=O) groups is 1. The van der Waals surface area contributed by atoms with Gasteiger partial charge in [-0.25, -0.2) is 8.78 Å². The molecule has 2 rings (SSSR count). The minimum Gasteiger partial charge on any atom is -0.294 e. The highest BCUT2D eigenvalue weighted by Gasteiger charge is 2.19. The molecule has 0 amide bonds. The molecule has 1 nitrogen and oxygen atoms in total. The predicted molar refractivity (Wildman–Crippen MR) is 78.0 cm³/mol. The Morgan fingerprint density at radius 1 is 1.10 bits per heavy atom. The van der Waals surface area contributed by atoms with Crippen molar-refractivity contribution in [3.05, 3.63) is 68.7 Å². The maximum Gasteiger partial charge on any atom is 0.173 e. The molecule has 0 aliphatic carbocycles. The molecule has 0 N–H and O–H groups in total. The molecule has 0 bridgehead atoms. The van der Waals surface area contributed by atoms with Crippen LogP contribution in [0.25, 0.3) is 0 Å². The Balaban J connectivity index is 2.33. The van der Waals surface area contributed by atoms with Crippen molar-refractivity contribution in [2.75, 3.05) is 0 Å². The van der Waals surface area contributed by atoms with Gasteiger partial charge < -0.3 is 0 Å². The van der Waals surface area contributed by atoms with Gasteiger partial charge in [-0.15, -0.1) is 0 Å². The molecule has 0 fully saturated rings. The first-order valence-corrected chi connectivity index (χ1v) is 6.92. The molecule has 0 saturated heterocycles. The smallest absolute Gasteiger partial charge is 0.173 e. The van der Waals surface area contributed by atoms with Crippen molar-refractivity contribution in [3.8, 4) is 0 Å². The summed E-state index contributed by atoms with van der Waals surface area (Å²) in [4.78, 5) is 12.1. The highest BCUT2D eigenvalue weighted by atomic mass is 79.9. The number of aryl methyl sites for hydroxylation is 2. The van der Waals surface area contributed by atoms with Gasteiger partial charge in [-0.2, -0.15) is 0 Å². The lowest BCUT2D eigenvalue weighted by atomic mass is 9.99. The van der Waals surface area contributed by atoms with E-state index in [2.05, 4.69) is 15.9 Å². The van der Waals surface area contributed by atoms with Crippen molar-refractivity contribution >= 4 is 21.7 Å². The van der Waals surface area contributed by atoms with E-state index in [1.165, 1.54) is 6.07 Å². The summed E-state index contributed by atoms with van der Waals surface area (Å²) in [5.74, 6) is -2.25. The van der Waals surface area contributed by atoms with Crippen molar-refractivity contribution in [1.29, 1.82) is 0 Å². The summed E-state index contributed by atoms with van der Waals surface area (Å²) in [6.45, 7) is 3.90. The van der Waals surface area contributed by atoms with Crippen LogP contribution in [-0.2, 0) is 6.42 Å². The molecule has 104 valence electrons. The molecule has 0 atom stereocenters. The van der Waals surface area contributed by atoms with Gasteiger partial charge in [0.15, 0.2) is 11.6 Å². The normalized spacial score (nSPS) is 10.7. The van der Waals surface area contributed by atoms with E-state index < -0.39 is 23.0 Å².